The number of ether oxygens (including phenoxy) is 2. The SMILES string of the molecule is COc1cc(NC(=O)[C@@H]2CC(=O)N(c3ccccc3)C2)c(OC)cc1Cl. The fraction of sp³-hybridized carbons (Fsp3) is 0.263. The molecule has 6 nitrogen and oxygen atoms in total. The number of hydrogen-bond donors (Lipinski definition) is 1. The van der Waals surface area contributed by atoms with Gasteiger partial charge in [-0.1, -0.05) is 29.8 Å². The molecule has 0 saturated carbocycles. The predicted octanol–water partition coefficient (Wildman–Crippen LogP) is 3.35. The summed E-state index contributed by atoms with van der Waals surface area (Å²) in [5, 5.41) is 3.20. The fourth-order valence-electron chi connectivity index (χ4n) is 2.93. The number of benzene rings is 2. The van der Waals surface area contributed by atoms with Crippen molar-refractivity contribution in [3.63, 3.8) is 0 Å². The van der Waals surface area contributed by atoms with E-state index < -0.39 is 5.92 Å². The van der Waals surface area contributed by atoms with E-state index in [2.05, 4.69) is 5.32 Å². The number of methoxy groups -OCH3 is 2. The van der Waals surface area contributed by atoms with Gasteiger partial charge in [0.1, 0.15) is 11.5 Å². The van der Waals surface area contributed by atoms with Crippen LogP contribution in [0.1, 0.15) is 6.42 Å². The lowest BCUT2D eigenvalue weighted by molar-refractivity contribution is -0.122. The van der Waals surface area contributed by atoms with Crippen LogP contribution in [-0.2, 0) is 9.59 Å². The van der Waals surface area contributed by atoms with Crippen LogP contribution in [-0.4, -0.2) is 32.6 Å². The Labute approximate surface area is 156 Å². The minimum atomic E-state index is -0.450. The average Bonchev–Trinajstić information content (AvgIpc) is 3.05. The molecule has 1 N–H and O–H groups in total. The number of nitrogens with zero attached hydrogens (tertiary/aromatic N) is 1. The topological polar surface area (TPSA) is 67.9 Å². The van der Waals surface area contributed by atoms with Gasteiger partial charge in [-0.25, -0.2) is 0 Å². The van der Waals surface area contributed by atoms with Gasteiger partial charge in [-0.2, -0.15) is 0 Å². The first-order chi connectivity index (χ1) is 12.5. The predicted molar refractivity (Wildman–Crippen MR) is 100 cm³/mol. The molecule has 1 fully saturated rings. The van der Waals surface area contributed by atoms with Gasteiger partial charge in [-0.15, -0.1) is 0 Å². The maximum atomic E-state index is 12.7. The molecule has 136 valence electrons. The van der Waals surface area contributed by atoms with Gasteiger partial charge in [0.05, 0.1) is 30.8 Å². The molecule has 0 bridgehead atoms. The van der Waals surface area contributed by atoms with Gasteiger partial charge in [0, 0.05) is 30.8 Å². The number of nitrogens with one attached hydrogen (secondary N) is 1. The maximum Gasteiger partial charge on any atom is 0.229 e. The normalized spacial score (nSPS) is 16.5. The average molecular weight is 375 g/mol. The zero-order valence-electron chi connectivity index (χ0n) is 14.5. The third kappa shape index (κ3) is 3.60. The Kier molecular flexibility index (Phi) is 5.32. The molecule has 0 aromatic heterocycles. The summed E-state index contributed by atoms with van der Waals surface area (Å²) >= 11 is 6.08. The first kappa shape index (κ1) is 18.1. The van der Waals surface area contributed by atoms with Crippen molar-refractivity contribution in [1.82, 2.24) is 0 Å². The van der Waals surface area contributed by atoms with Crippen LogP contribution in [0.15, 0.2) is 42.5 Å². The van der Waals surface area contributed by atoms with Crippen LogP contribution in [0.4, 0.5) is 11.4 Å². The molecule has 2 amide bonds. The van der Waals surface area contributed by atoms with E-state index in [1.807, 2.05) is 30.3 Å². The van der Waals surface area contributed by atoms with Gasteiger partial charge < -0.3 is 19.7 Å². The van der Waals surface area contributed by atoms with Gasteiger partial charge in [0.2, 0.25) is 11.8 Å². The van der Waals surface area contributed by atoms with Gasteiger partial charge in [0.15, 0.2) is 0 Å². The van der Waals surface area contributed by atoms with Gasteiger partial charge >= 0.3 is 0 Å². The first-order valence-electron chi connectivity index (χ1n) is 8.11. The van der Waals surface area contributed by atoms with Crippen LogP contribution in [0.3, 0.4) is 0 Å². The van der Waals surface area contributed by atoms with Crippen LogP contribution >= 0.6 is 11.6 Å². The molecular formula is C19H19ClN2O4. The lowest BCUT2D eigenvalue weighted by atomic mass is 10.1. The monoisotopic (exact) mass is 374 g/mol. The molecule has 2 aromatic carbocycles. The van der Waals surface area contributed by atoms with E-state index in [1.165, 1.54) is 14.2 Å². The van der Waals surface area contributed by atoms with Crippen LogP contribution in [0.25, 0.3) is 0 Å². The maximum absolute atomic E-state index is 12.7. The molecule has 3 rings (SSSR count). The first-order valence-corrected chi connectivity index (χ1v) is 8.49. The number of halogens is 1. The molecule has 2 aromatic rings. The van der Waals surface area contributed by atoms with Crippen LogP contribution in [0.2, 0.25) is 5.02 Å². The summed E-state index contributed by atoms with van der Waals surface area (Å²) < 4.78 is 10.5. The van der Waals surface area contributed by atoms with Crippen LogP contribution < -0.4 is 19.7 Å². The van der Waals surface area contributed by atoms with Crippen molar-refractivity contribution in [1.29, 1.82) is 0 Å². The smallest absolute Gasteiger partial charge is 0.229 e. The minimum Gasteiger partial charge on any atom is -0.495 e. The number of carbonyl (C=O) groups excluding carboxylic acids is 2. The second kappa shape index (κ2) is 7.66. The van der Waals surface area contributed by atoms with Crippen molar-refractivity contribution in [2.24, 2.45) is 5.92 Å². The molecule has 1 aliphatic heterocycles. The second-order valence-electron chi connectivity index (χ2n) is 5.92. The number of carbonyl (C=O) groups is 2. The van der Waals surface area contributed by atoms with E-state index in [4.69, 9.17) is 21.1 Å². The van der Waals surface area contributed by atoms with E-state index >= 15 is 0 Å². The van der Waals surface area contributed by atoms with E-state index in [-0.39, 0.29) is 18.2 Å². The molecule has 1 aliphatic rings. The highest BCUT2D eigenvalue weighted by Crippen LogP contribution is 2.36. The Hall–Kier alpha value is -2.73. The summed E-state index contributed by atoms with van der Waals surface area (Å²) in [6, 6.07) is 12.5. The summed E-state index contributed by atoms with van der Waals surface area (Å²) in [6.45, 7) is 0.335. The van der Waals surface area contributed by atoms with Crippen molar-refractivity contribution in [3.05, 3.63) is 47.5 Å². The van der Waals surface area contributed by atoms with Crippen molar-refractivity contribution >= 4 is 34.8 Å². The summed E-state index contributed by atoms with van der Waals surface area (Å²) in [4.78, 5) is 26.6. The highest BCUT2D eigenvalue weighted by atomic mass is 35.5. The highest BCUT2D eigenvalue weighted by molar-refractivity contribution is 6.32. The van der Waals surface area contributed by atoms with Gasteiger partial charge in [0.25, 0.3) is 0 Å². The quantitative estimate of drug-likeness (QED) is 0.871. The number of para-hydroxylation sites is 1. The number of amides is 2. The van der Waals surface area contributed by atoms with Crippen molar-refractivity contribution in [3.8, 4) is 11.5 Å². The van der Waals surface area contributed by atoms with Crippen LogP contribution in [0.5, 0.6) is 11.5 Å². The van der Waals surface area contributed by atoms with Crippen molar-refractivity contribution in [2.75, 3.05) is 31.0 Å². The summed E-state index contributed by atoms with van der Waals surface area (Å²) in [6.07, 6.45) is 0.160. The molecule has 0 spiro atoms. The fourth-order valence-corrected chi connectivity index (χ4v) is 3.16. The number of anilines is 2. The highest BCUT2D eigenvalue weighted by Gasteiger charge is 2.35. The molecule has 0 unspecified atom stereocenters. The zero-order chi connectivity index (χ0) is 18.7. The lowest BCUT2D eigenvalue weighted by Crippen LogP contribution is -2.28. The van der Waals surface area contributed by atoms with Crippen LogP contribution in [0, 0.1) is 5.92 Å². The molecule has 1 atom stereocenters. The van der Waals surface area contributed by atoms with Crippen molar-refractivity contribution < 1.29 is 19.1 Å². The number of hydrogen-bond acceptors (Lipinski definition) is 4. The summed E-state index contributed by atoms with van der Waals surface area (Å²) in [5.74, 6) is 0.0788. The van der Waals surface area contributed by atoms with Gasteiger partial charge in [-0.3, -0.25) is 9.59 Å². The van der Waals surface area contributed by atoms with Gasteiger partial charge in [-0.05, 0) is 12.1 Å². The molecule has 0 radical (unpaired) electrons. The Morgan fingerprint density at radius 3 is 2.50 bits per heavy atom. The van der Waals surface area contributed by atoms with E-state index in [0.29, 0.717) is 28.8 Å². The molecular weight excluding hydrogens is 356 g/mol. The Morgan fingerprint density at radius 1 is 1.15 bits per heavy atom. The second-order valence-corrected chi connectivity index (χ2v) is 6.32. The summed E-state index contributed by atoms with van der Waals surface area (Å²) in [7, 11) is 2.98. The van der Waals surface area contributed by atoms with E-state index in [1.54, 1.807) is 17.0 Å². The third-order valence-corrected chi connectivity index (χ3v) is 4.59. The Balaban J connectivity index is 1.76. The standard InChI is InChI=1S/C19H19ClN2O4/c1-25-16-10-15(17(26-2)9-14(16)20)21-19(24)12-8-18(23)22(11-12)13-6-4-3-5-7-13/h3-7,9-10,12H,8,11H2,1-2H3,(H,21,24)/t12-/m1/s1. The molecule has 1 heterocycles. The molecule has 0 aliphatic carbocycles. The number of rotatable bonds is 5. The lowest BCUT2D eigenvalue weighted by Gasteiger charge is -2.17. The van der Waals surface area contributed by atoms with Crippen molar-refractivity contribution in [2.45, 2.75) is 6.42 Å². The Morgan fingerprint density at radius 2 is 1.85 bits per heavy atom. The molecule has 1 saturated heterocycles. The Bertz CT molecular complexity index is 826. The molecule has 7 heteroatoms. The van der Waals surface area contributed by atoms with E-state index in [9.17, 15) is 9.59 Å². The minimum absolute atomic E-state index is 0.0722. The largest absolute Gasteiger partial charge is 0.495 e. The zero-order valence-corrected chi connectivity index (χ0v) is 15.2. The third-order valence-electron chi connectivity index (χ3n) is 4.30. The summed E-state index contributed by atoms with van der Waals surface area (Å²) in [5.41, 5.74) is 1.24. The van der Waals surface area contributed by atoms with E-state index in [0.717, 1.165) is 5.69 Å². The molecule has 26 heavy (non-hydrogen) atoms.